The minimum Gasteiger partial charge on any atom is -0.462 e. The van der Waals surface area contributed by atoms with Gasteiger partial charge in [-0.25, -0.2) is 9.48 Å². The van der Waals surface area contributed by atoms with Crippen LogP contribution in [-0.4, -0.2) is 22.4 Å². The Labute approximate surface area is 145 Å². The van der Waals surface area contributed by atoms with E-state index in [1.807, 2.05) is 49.4 Å². The highest BCUT2D eigenvalue weighted by molar-refractivity contribution is 6.30. The number of halogens is 1. The number of nitrogens with zero attached hydrogens (tertiary/aromatic N) is 2. The van der Waals surface area contributed by atoms with Crippen LogP contribution in [0.4, 0.5) is 0 Å². The Morgan fingerprint density at radius 3 is 2.42 bits per heavy atom. The molecule has 0 aliphatic heterocycles. The zero-order valence-corrected chi connectivity index (χ0v) is 14.2. The van der Waals surface area contributed by atoms with Gasteiger partial charge in [-0.15, -0.1) is 0 Å². The summed E-state index contributed by atoms with van der Waals surface area (Å²) in [4.78, 5) is 12.5. The van der Waals surface area contributed by atoms with Crippen LogP contribution in [0.3, 0.4) is 0 Å². The van der Waals surface area contributed by atoms with E-state index in [9.17, 15) is 4.79 Å². The zero-order valence-electron chi connectivity index (χ0n) is 13.5. The monoisotopic (exact) mass is 340 g/mol. The van der Waals surface area contributed by atoms with Gasteiger partial charge in [0.2, 0.25) is 0 Å². The molecule has 0 fully saturated rings. The summed E-state index contributed by atoms with van der Waals surface area (Å²) in [5.41, 5.74) is 3.54. The Morgan fingerprint density at radius 1 is 1.12 bits per heavy atom. The molecule has 0 aliphatic carbocycles. The van der Waals surface area contributed by atoms with Crippen LogP contribution in [0.5, 0.6) is 0 Å². The van der Waals surface area contributed by atoms with Crippen molar-refractivity contribution in [2.75, 3.05) is 6.61 Å². The van der Waals surface area contributed by atoms with E-state index in [0.29, 0.717) is 22.9 Å². The second-order valence-electron chi connectivity index (χ2n) is 5.28. The smallest absolute Gasteiger partial charge is 0.342 e. The molecule has 122 valence electrons. The summed E-state index contributed by atoms with van der Waals surface area (Å²) in [6, 6.07) is 16.9. The fourth-order valence-corrected chi connectivity index (χ4v) is 2.71. The van der Waals surface area contributed by atoms with E-state index < -0.39 is 0 Å². The van der Waals surface area contributed by atoms with Gasteiger partial charge in [0.05, 0.1) is 18.0 Å². The molecule has 0 amide bonds. The Morgan fingerprint density at radius 2 is 1.79 bits per heavy atom. The van der Waals surface area contributed by atoms with Crippen molar-refractivity contribution in [3.63, 3.8) is 0 Å². The maximum atomic E-state index is 12.5. The van der Waals surface area contributed by atoms with E-state index in [2.05, 4.69) is 5.10 Å². The lowest BCUT2D eigenvalue weighted by Gasteiger charge is -2.05. The topological polar surface area (TPSA) is 44.1 Å². The molecule has 0 atom stereocenters. The molecule has 0 aliphatic rings. The van der Waals surface area contributed by atoms with Gasteiger partial charge in [0.25, 0.3) is 0 Å². The third kappa shape index (κ3) is 3.05. The number of rotatable bonds is 4. The highest BCUT2D eigenvalue weighted by atomic mass is 35.5. The van der Waals surface area contributed by atoms with Crippen LogP contribution in [0.15, 0.2) is 54.6 Å². The van der Waals surface area contributed by atoms with Crippen molar-refractivity contribution < 1.29 is 9.53 Å². The normalized spacial score (nSPS) is 10.6. The van der Waals surface area contributed by atoms with Crippen LogP contribution in [0, 0.1) is 6.92 Å². The van der Waals surface area contributed by atoms with Crippen molar-refractivity contribution in [3.8, 4) is 16.9 Å². The highest BCUT2D eigenvalue weighted by Gasteiger charge is 2.23. The number of benzene rings is 2. The molecule has 1 aromatic heterocycles. The first-order chi connectivity index (χ1) is 11.6. The molecule has 3 aromatic rings. The first-order valence-corrected chi connectivity index (χ1v) is 8.07. The van der Waals surface area contributed by atoms with Gasteiger partial charge < -0.3 is 4.74 Å². The van der Waals surface area contributed by atoms with Gasteiger partial charge in [-0.3, -0.25) is 0 Å². The Kier molecular flexibility index (Phi) is 4.67. The van der Waals surface area contributed by atoms with E-state index in [1.165, 1.54) is 0 Å². The molecule has 24 heavy (non-hydrogen) atoms. The second-order valence-corrected chi connectivity index (χ2v) is 5.72. The SMILES string of the molecule is CCOC(=O)c1c(-c2ccccc2)nn(-c2ccc(Cl)cc2)c1C. The molecule has 0 unspecified atom stereocenters. The van der Waals surface area contributed by atoms with Crippen LogP contribution < -0.4 is 0 Å². The van der Waals surface area contributed by atoms with E-state index >= 15 is 0 Å². The standard InChI is InChI=1S/C19H17ClN2O2/c1-3-24-19(23)17-13(2)22(16-11-9-15(20)10-12-16)21-18(17)14-7-5-4-6-8-14/h4-12H,3H2,1-2H3. The van der Waals surface area contributed by atoms with E-state index in [-0.39, 0.29) is 5.97 Å². The number of aromatic nitrogens is 2. The van der Waals surface area contributed by atoms with Gasteiger partial charge in [-0.2, -0.15) is 5.10 Å². The van der Waals surface area contributed by atoms with Crippen LogP contribution in [0.25, 0.3) is 16.9 Å². The lowest BCUT2D eigenvalue weighted by molar-refractivity contribution is 0.0526. The molecule has 0 saturated carbocycles. The number of esters is 1. The first kappa shape index (κ1) is 16.3. The maximum Gasteiger partial charge on any atom is 0.342 e. The molecule has 3 rings (SSSR count). The van der Waals surface area contributed by atoms with Gasteiger partial charge in [0.15, 0.2) is 0 Å². The quantitative estimate of drug-likeness (QED) is 0.648. The summed E-state index contributed by atoms with van der Waals surface area (Å²) in [6.45, 7) is 3.97. The Hall–Kier alpha value is -2.59. The third-order valence-corrected chi connectivity index (χ3v) is 3.97. The number of hydrogen-bond donors (Lipinski definition) is 0. The Bertz CT molecular complexity index is 855. The molecule has 2 aromatic carbocycles. The maximum absolute atomic E-state index is 12.5. The number of carbonyl (C=O) groups excluding carboxylic acids is 1. The second kappa shape index (κ2) is 6.89. The van der Waals surface area contributed by atoms with Crippen molar-refractivity contribution >= 4 is 17.6 Å². The molecular formula is C19H17ClN2O2. The fourth-order valence-electron chi connectivity index (χ4n) is 2.58. The lowest BCUT2D eigenvalue weighted by atomic mass is 10.1. The van der Waals surface area contributed by atoms with Crippen molar-refractivity contribution in [2.24, 2.45) is 0 Å². The van der Waals surface area contributed by atoms with E-state index in [1.54, 1.807) is 23.7 Å². The van der Waals surface area contributed by atoms with Crippen LogP contribution in [0.2, 0.25) is 5.02 Å². The van der Waals surface area contributed by atoms with Crippen molar-refractivity contribution in [3.05, 3.63) is 70.9 Å². The molecule has 4 nitrogen and oxygen atoms in total. The van der Waals surface area contributed by atoms with Crippen molar-refractivity contribution in [2.45, 2.75) is 13.8 Å². The van der Waals surface area contributed by atoms with Gasteiger partial charge in [-0.1, -0.05) is 41.9 Å². The average Bonchev–Trinajstić information content (AvgIpc) is 2.94. The summed E-state index contributed by atoms with van der Waals surface area (Å²) >= 11 is 5.96. The molecule has 1 heterocycles. The summed E-state index contributed by atoms with van der Waals surface area (Å²) in [5, 5.41) is 5.31. The van der Waals surface area contributed by atoms with Gasteiger partial charge in [0.1, 0.15) is 11.3 Å². The summed E-state index contributed by atoms with van der Waals surface area (Å²) in [7, 11) is 0. The van der Waals surface area contributed by atoms with E-state index in [4.69, 9.17) is 16.3 Å². The molecular weight excluding hydrogens is 324 g/mol. The van der Waals surface area contributed by atoms with Crippen LogP contribution >= 0.6 is 11.6 Å². The average molecular weight is 341 g/mol. The van der Waals surface area contributed by atoms with Crippen LogP contribution in [0.1, 0.15) is 23.0 Å². The summed E-state index contributed by atoms with van der Waals surface area (Å²) in [6.07, 6.45) is 0. The molecule has 0 saturated heterocycles. The highest BCUT2D eigenvalue weighted by Crippen LogP contribution is 2.28. The number of ether oxygens (including phenoxy) is 1. The summed E-state index contributed by atoms with van der Waals surface area (Å²) in [5.74, 6) is -0.367. The summed E-state index contributed by atoms with van der Waals surface area (Å²) < 4.78 is 6.97. The first-order valence-electron chi connectivity index (χ1n) is 7.70. The molecule has 0 spiro atoms. The molecule has 0 bridgehead atoms. The predicted molar refractivity (Wildman–Crippen MR) is 94.7 cm³/mol. The largest absolute Gasteiger partial charge is 0.462 e. The third-order valence-electron chi connectivity index (χ3n) is 3.71. The Balaban J connectivity index is 2.19. The minimum absolute atomic E-state index is 0.318. The van der Waals surface area contributed by atoms with Gasteiger partial charge in [0, 0.05) is 10.6 Å². The molecule has 0 radical (unpaired) electrons. The van der Waals surface area contributed by atoms with Crippen LogP contribution in [-0.2, 0) is 4.74 Å². The minimum atomic E-state index is -0.367. The molecule has 0 N–H and O–H groups in total. The lowest BCUT2D eigenvalue weighted by Crippen LogP contribution is -2.07. The van der Waals surface area contributed by atoms with Gasteiger partial charge in [-0.05, 0) is 38.1 Å². The predicted octanol–water partition coefficient (Wildman–Crippen LogP) is 4.68. The van der Waals surface area contributed by atoms with Crippen molar-refractivity contribution in [1.82, 2.24) is 9.78 Å². The van der Waals surface area contributed by atoms with E-state index in [0.717, 1.165) is 16.9 Å². The molecule has 5 heteroatoms. The fraction of sp³-hybridized carbons (Fsp3) is 0.158. The van der Waals surface area contributed by atoms with Crippen molar-refractivity contribution in [1.29, 1.82) is 0 Å². The number of hydrogen-bond acceptors (Lipinski definition) is 3. The van der Waals surface area contributed by atoms with Gasteiger partial charge >= 0.3 is 5.97 Å². The number of carbonyl (C=O) groups is 1. The zero-order chi connectivity index (χ0) is 17.1.